The monoisotopic (exact) mass is 486 g/mol. The molecular weight excluding hydrogens is 467 g/mol. The Morgan fingerprint density at radius 2 is 1.82 bits per heavy atom. The maximum Gasteiger partial charge on any atom is 0.289 e. The molecule has 2 heterocycles. The van der Waals surface area contributed by atoms with Crippen LogP contribution in [0.4, 0.5) is 15.8 Å². The summed E-state index contributed by atoms with van der Waals surface area (Å²) in [5.74, 6) is -0.816. The number of furan rings is 1. The predicted octanol–water partition coefficient (Wildman–Crippen LogP) is 4.16. The molecule has 0 saturated carbocycles. The summed E-state index contributed by atoms with van der Waals surface area (Å²) in [4.78, 5) is 28.5. The first-order valence-corrected chi connectivity index (χ1v) is 10.9. The Hall–Kier alpha value is -3.43. The number of carbonyl (C=O) groups is 2. The van der Waals surface area contributed by atoms with Crippen LogP contribution in [0.25, 0.3) is 0 Å². The number of thiocarbonyl (C=S) groups is 1. The molecule has 0 bridgehead atoms. The van der Waals surface area contributed by atoms with E-state index in [0.29, 0.717) is 42.6 Å². The molecule has 1 saturated heterocycles. The molecule has 0 unspecified atom stereocenters. The van der Waals surface area contributed by atoms with E-state index >= 15 is 0 Å². The molecule has 4 rings (SSSR count). The third-order valence-electron chi connectivity index (χ3n) is 5.16. The minimum Gasteiger partial charge on any atom is -0.459 e. The number of hydrogen-bond donors (Lipinski definition) is 2. The van der Waals surface area contributed by atoms with Crippen molar-refractivity contribution in [2.24, 2.45) is 0 Å². The first kappa shape index (κ1) is 22.8. The number of rotatable bonds is 4. The van der Waals surface area contributed by atoms with Crippen molar-refractivity contribution in [3.63, 3.8) is 0 Å². The summed E-state index contributed by atoms with van der Waals surface area (Å²) < 4.78 is 18.5. The fourth-order valence-electron chi connectivity index (χ4n) is 3.51. The van der Waals surface area contributed by atoms with Crippen molar-refractivity contribution in [1.29, 1.82) is 0 Å². The Kier molecular flexibility index (Phi) is 6.90. The van der Waals surface area contributed by atoms with Crippen LogP contribution in [0.5, 0.6) is 0 Å². The Balaban J connectivity index is 1.33. The number of anilines is 2. The number of benzene rings is 2. The third-order valence-corrected chi connectivity index (χ3v) is 5.67. The molecule has 1 aromatic heterocycles. The van der Waals surface area contributed by atoms with E-state index in [4.69, 9.17) is 28.2 Å². The molecule has 0 spiro atoms. The van der Waals surface area contributed by atoms with Gasteiger partial charge in [-0.1, -0.05) is 17.7 Å². The highest BCUT2D eigenvalue weighted by molar-refractivity contribution is 7.80. The van der Waals surface area contributed by atoms with Gasteiger partial charge in [0.25, 0.3) is 11.8 Å². The third kappa shape index (κ3) is 5.50. The van der Waals surface area contributed by atoms with E-state index in [9.17, 15) is 14.0 Å². The molecule has 0 aliphatic carbocycles. The van der Waals surface area contributed by atoms with Gasteiger partial charge in [0.15, 0.2) is 10.9 Å². The number of piperazine rings is 1. The Labute approximate surface area is 200 Å². The number of nitrogens with zero attached hydrogens (tertiary/aromatic N) is 2. The lowest BCUT2D eigenvalue weighted by Gasteiger charge is -2.36. The van der Waals surface area contributed by atoms with Gasteiger partial charge in [0.05, 0.1) is 17.0 Å². The smallest absolute Gasteiger partial charge is 0.289 e. The molecule has 1 fully saturated rings. The molecule has 3 aromatic rings. The van der Waals surface area contributed by atoms with E-state index in [0.717, 1.165) is 11.8 Å². The van der Waals surface area contributed by atoms with Crippen LogP contribution in [0, 0.1) is 5.82 Å². The maximum atomic E-state index is 13.3. The fourth-order valence-corrected chi connectivity index (χ4v) is 4.03. The van der Waals surface area contributed by atoms with Crippen LogP contribution in [0.3, 0.4) is 0 Å². The molecule has 2 N–H and O–H groups in total. The van der Waals surface area contributed by atoms with Crippen LogP contribution in [0.2, 0.25) is 5.02 Å². The first-order chi connectivity index (χ1) is 15.9. The number of halogens is 2. The van der Waals surface area contributed by atoms with Crippen LogP contribution >= 0.6 is 23.8 Å². The van der Waals surface area contributed by atoms with Gasteiger partial charge < -0.3 is 19.5 Å². The van der Waals surface area contributed by atoms with Gasteiger partial charge in [0.2, 0.25) is 0 Å². The van der Waals surface area contributed by atoms with Crippen molar-refractivity contribution in [2.75, 3.05) is 36.4 Å². The van der Waals surface area contributed by atoms with Crippen LogP contribution in [0.15, 0.2) is 65.3 Å². The molecule has 1 aliphatic heterocycles. The topological polar surface area (TPSA) is 77.8 Å². The highest BCUT2D eigenvalue weighted by atomic mass is 35.5. The molecule has 1 aliphatic rings. The molecule has 2 aromatic carbocycles. The lowest BCUT2D eigenvalue weighted by Crippen LogP contribution is -2.48. The largest absolute Gasteiger partial charge is 0.459 e. The van der Waals surface area contributed by atoms with Crippen molar-refractivity contribution >= 4 is 52.1 Å². The van der Waals surface area contributed by atoms with E-state index in [1.165, 1.54) is 24.5 Å². The lowest BCUT2D eigenvalue weighted by atomic mass is 10.2. The van der Waals surface area contributed by atoms with Gasteiger partial charge in [-0.05, 0) is 60.7 Å². The zero-order chi connectivity index (χ0) is 23.4. The van der Waals surface area contributed by atoms with Crippen molar-refractivity contribution in [1.82, 2.24) is 10.2 Å². The van der Waals surface area contributed by atoms with E-state index < -0.39 is 11.7 Å². The van der Waals surface area contributed by atoms with Gasteiger partial charge in [0, 0.05) is 37.4 Å². The standard InChI is InChI=1S/C23H20ClFN4O3S/c24-18-14-17(26-23(33)27-21(30)15-3-1-4-16(25)13-15)6-7-19(18)28-8-10-29(11-9-28)22(31)20-5-2-12-32-20/h1-7,12-14H,8-11H2,(H2,26,27,30,33). The Morgan fingerprint density at radius 3 is 2.48 bits per heavy atom. The molecule has 170 valence electrons. The van der Waals surface area contributed by atoms with Gasteiger partial charge in [-0.15, -0.1) is 0 Å². The van der Waals surface area contributed by atoms with Crippen molar-refractivity contribution in [3.05, 3.63) is 83.0 Å². The highest BCUT2D eigenvalue weighted by Gasteiger charge is 2.24. The number of amides is 2. The summed E-state index contributed by atoms with van der Waals surface area (Å²) >= 11 is 11.7. The molecule has 0 atom stereocenters. The van der Waals surface area contributed by atoms with Crippen LogP contribution in [0.1, 0.15) is 20.9 Å². The Morgan fingerprint density at radius 1 is 1.03 bits per heavy atom. The van der Waals surface area contributed by atoms with E-state index in [2.05, 4.69) is 15.5 Å². The van der Waals surface area contributed by atoms with E-state index in [1.54, 1.807) is 29.2 Å². The zero-order valence-electron chi connectivity index (χ0n) is 17.4. The second-order valence-electron chi connectivity index (χ2n) is 7.34. The minimum atomic E-state index is -0.517. The van der Waals surface area contributed by atoms with Crippen LogP contribution < -0.4 is 15.5 Å². The Bertz CT molecular complexity index is 1180. The second kappa shape index (κ2) is 10.0. The summed E-state index contributed by atoms with van der Waals surface area (Å²) in [5.41, 5.74) is 1.60. The van der Waals surface area contributed by atoms with E-state index in [-0.39, 0.29) is 16.6 Å². The summed E-state index contributed by atoms with van der Waals surface area (Å²) in [6.07, 6.45) is 1.48. The van der Waals surface area contributed by atoms with Crippen LogP contribution in [-0.4, -0.2) is 48.0 Å². The number of carbonyl (C=O) groups excluding carboxylic acids is 2. The molecular formula is C23H20ClFN4O3S. The summed E-state index contributed by atoms with van der Waals surface area (Å²) in [7, 11) is 0. The van der Waals surface area contributed by atoms with Gasteiger partial charge in [0.1, 0.15) is 5.82 Å². The maximum absolute atomic E-state index is 13.3. The van der Waals surface area contributed by atoms with Gasteiger partial charge in [-0.2, -0.15) is 0 Å². The van der Waals surface area contributed by atoms with Crippen molar-refractivity contribution in [2.45, 2.75) is 0 Å². The molecule has 0 radical (unpaired) electrons. The van der Waals surface area contributed by atoms with Gasteiger partial charge in [-0.3, -0.25) is 14.9 Å². The fraction of sp³-hybridized carbons (Fsp3) is 0.174. The van der Waals surface area contributed by atoms with Gasteiger partial charge >= 0.3 is 0 Å². The molecule has 10 heteroatoms. The summed E-state index contributed by atoms with van der Waals surface area (Å²) in [5, 5.41) is 5.99. The zero-order valence-corrected chi connectivity index (χ0v) is 19.0. The van der Waals surface area contributed by atoms with Gasteiger partial charge in [-0.25, -0.2) is 4.39 Å². The summed E-state index contributed by atoms with van der Waals surface area (Å²) in [6, 6.07) is 14.0. The average molecular weight is 487 g/mol. The van der Waals surface area contributed by atoms with E-state index in [1.807, 2.05) is 6.07 Å². The summed E-state index contributed by atoms with van der Waals surface area (Å²) in [6.45, 7) is 2.35. The number of nitrogens with one attached hydrogen (secondary N) is 2. The number of hydrogen-bond acceptors (Lipinski definition) is 5. The first-order valence-electron chi connectivity index (χ1n) is 10.2. The quantitative estimate of drug-likeness (QED) is 0.539. The molecule has 7 nitrogen and oxygen atoms in total. The second-order valence-corrected chi connectivity index (χ2v) is 8.16. The molecule has 33 heavy (non-hydrogen) atoms. The highest BCUT2D eigenvalue weighted by Crippen LogP contribution is 2.30. The predicted molar refractivity (Wildman–Crippen MR) is 128 cm³/mol. The average Bonchev–Trinajstić information content (AvgIpc) is 3.34. The SMILES string of the molecule is O=C(NC(=S)Nc1ccc(N2CCN(C(=O)c3ccco3)CC2)c(Cl)c1)c1cccc(F)c1. The van der Waals surface area contributed by atoms with Crippen molar-refractivity contribution in [3.8, 4) is 0 Å². The molecule has 2 amide bonds. The lowest BCUT2D eigenvalue weighted by molar-refractivity contribution is 0.0714. The van der Waals surface area contributed by atoms with Crippen LogP contribution in [-0.2, 0) is 0 Å². The van der Waals surface area contributed by atoms with Crippen molar-refractivity contribution < 1.29 is 18.4 Å². The normalized spacial score (nSPS) is 13.5. The minimum absolute atomic E-state index is 0.0677.